The average Bonchev–Trinajstić information content (AvgIpc) is 2.08. The molecule has 1 aromatic heterocycles. The highest BCUT2D eigenvalue weighted by Gasteiger charge is 2.40. The van der Waals surface area contributed by atoms with Crippen LogP contribution in [0.5, 0.6) is 0 Å². The van der Waals surface area contributed by atoms with Crippen LogP contribution in [0, 0.1) is 0 Å². The normalized spacial score (nSPS) is 13.9. The van der Waals surface area contributed by atoms with Crippen molar-refractivity contribution in [3.05, 3.63) is 32.6 Å². The van der Waals surface area contributed by atoms with E-state index in [9.17, 15) is 27.2 Å². The molecule has 0 aliphatic carbocycles. The van der Waals surface area contributed by atoms with Crippen LogP contribution in [0.4, 0.5) is 17.6 Å². The van der Waals surface area contributed by atoms with Gasteiger partial charge in [0.1, 0.15) is 0 Å². The summed E-state index contributed by atoms with van der Waals surface area (Å²) in [6, 6.07) is 0. The number of H-pyrrole nitrogens is 2. The fourth-order valence-corrected chi connectivity index (χ4v) is 0.898. The molecule has 4 nitrogen and oxygen atoms in total. The number of rotatable bonds is 2. The topological polar surface area (TPSA) is 65.7 Å². The molecule has 0 amide bonds. The second kappa shape index (κ2) is 3.87. The highest BCUT2D eigenvalue weighted by molar-refractivity contribution is 5.05. The molecule has 0 spiro atoms. The Labute approximate surface area is 80.0 Å². The molecule has 0 bridgehead atoms. The van der Waals surface area contributed by atoms with Crippen LogP contribution in [0.2, 0.25) is 0 Å². The predicted octanol–water partition coefficient (Wildman–Crippen LogP) is 0.506. The molecule has 0 aliphatic rings. The van der Waals surface area contributed by atoms with Crippen LogP contribution in [0.15, 0.2) is 15.8 Å². The van der Waals surface area contributed by atoms with Gasteiger partial charge in [0.25, 0.3) is 5.56 Å². The lowest BCUT2D eigenvalue weighted by atomic mass is 10.1. The van der Waals surface area contributed by atoms with Crippen molar-refractivity contribution in [1.29, 1.82) is 0 Å². The molecule has 1 heterocycles. The van der Waals surface area contributed by atoms with Gasteiger partial charge in [0.2, 0.25) is 0 Å². The van der Waals surface area contributed by atoms with E-state index in [1.807, 2.05) is 4.98 Å². The van der Waals surface area contributed by atoms with E-state index in [-0.39, 0.29) is 0 Å². The van der Waals surface area contributed by atoms with Crippen LogP contribution < -0.4 is 11.2 Å². The Balaban J connectivity index is 2.91. The maximum Gasteiger partial charge on any atom is 0.419 e. The minimum absolute atomic E-state index is 0.459. The number of halogens is 4. The summed E-state index contributed by atoms with van der Waals surface area (Å²) in [5, 5.41) is 0. The summed E-state index contributed by atoms with van der Waals surface area (Å²) in [5.41, 5.74) is -2.34. The maximum absolute atomic E-state index is 12.5. The fourth-order valence-electron chi connectivity index (χ4n) is 0.898. The van der Waals surface area contributed by atoms with Gasteiger partial charge in [-0.15, -0.1) is 0 Å². The van der Waals surface area contributed by atoms with Gasteiger partial charge in [-0.05, 0) is 0 Å². The van der Waals surface area contributed by atoms with Gasteiger partial charge in [-0.3, -0.25) is 9.78 Å². The highest BCUT2D eigenvalue weighted by Crippen LogP contribution is 2.24. The lowest BCUT2D eigenvalue weighted by Gasteiger charge is -2.10. The van der Waals surface area contributed by atoms with E-state index in [1.54, 1.807) is 4.98 Å². The van der Waals surface area contributed by atoms with E-state index >= 15 is 0 Å². The van der Waals surface area contributed by atoms with Gasteiger partial charge in [0.15, 0.2) is 6.17 Å². The minimum Gasteiger partial charge on any atom is -0.314 e. The zero-order valence-electron chi connectivity index (χ0n) is 7.19. The molecule has 1 unspecified atom stereocenters. The van der Waals surface area contributed by atoms with Crippen molar-refractivity contribution in [1.82, 2.24) is 9.97 Å². The first-order valence-electron chi connectivity index (χ1n) is 3.82. The first-order valence-corrected chi connectivity index (χ1v) is 3.82. The molecule has 1 aromatic rings. The quantitative estimate of drug-likeness (QED) is 0.721. The van der Waals surface area contributed by atoms with Gasteiger partial charge >= 0.3 is 11.9 Å². The third kappa shape index (κ3) is 2.93. The molecule has 84 valence electrons. The number of aromatic amines is 2. The van der Waals surface area contributed by atoms with Crippen LogP contribution in [-0.4, -0.2) is 22.3 Å². The van der Waals surface area contributed by atoms with E-state index < -0.39 is 35.6 Å². The third-order valence-corrected chi connectivity index (χ3v) is 1.65. The first kappa shape index (κ1) is 11.5. The van der Waals surface area contributed by atoms with Crippen LogP contribution in [0.25, 0.3) is 0 Å². The second-order valence-corrected chi connectivity index (χ2v) is 2.81. The van der Waals surface area contributed by atoms with Gasteiger partial charge in [-0.1, -0.05) is 0 Å². The fraction of sp³-hybridized carbons (Fsp3) is 0.429. The summed E-state index contributed by atoms with van der Waals surface area (Å²) in [6.45, 7) is 0. The van der Waals surface area contributed by atoms with Crippen molar-refractivity contribution < 1.29 is 17.6 Å². The van der Waals surface area contributed by atoms with Crippen molar-refractivity contribution in [3.8, 4) is 0 Å². The molecule has 15 heavy (non-hydrogen) atoms. The molecule has 0 saturated heterocycles. The SMILES string of the molecule is O=c1[nH]cc(CC(F)C(F)(F)F)c(=O)[nH]1. The molecule has 1 rings (SSSR count). The predicted molar refractivity (Wildman–Crippen MR) is 42.3 cm³/mol. The van der Waals surface area contributed by atoms with Crippen molar-refractivity contribution in [3.63, 3.8) is 0 Å². The van der Waals surface area contributed by atoms with Crippen LogP contribution in [0.1, 0.15) is 5.56 Å². The summed E-state index contributed by atoms with van der Waals surface area (Å²) >= 11 is 0. The Kier molecular flexibility index (Phi) is 2.96. The van der Waals surface area contributed by atoms with Crippen LogP contribution >= 0.6 is 0 Å². The van der Waals surface area contributed by atoms with E-state index in [0.717, 1.165) is 6.20 Å². The van der Waals surface area contributed by atoms with Crippen molar-refractivity contribution >= 4 is 0 Å². The van der Waals surface area contributed by atoms with E-state index in [1.165, 1.54) is 0 Å². The second-order valence-electron chi connectivity index (χ2n) is 2.81. The van der Waals surface area contributed by atoms with Crippen molar-refractivity contribution in [2.24, 2.45) is 0 Å². The molecule has 0 aliphatic heterocycles. The van der Waals surface area contributed by atoms with E-state index in [4.69, 9.17) is 0 Å². The lowest BCUT2D eigenvalue weighted by molar-refractivity contribution is -0.179. The summed E-state index contributed by atoms with van der Waals surface area (Å²) in [4.78, 5) is 25.0. The van der Waals surface area contributed by atoms with Crippen LogP contribution in [-0.2, 0) is 6.42 Å². The molecular weight excluding hydrogens is 220 g/mol. The number of nitrogens with one attached hydrogen (secondary N) is 2. The smallest absolute Gasteiger partial charge is 0.314 e. The number of aromatic nitrogens is 2. The summed E-state index contributed by atoms with van der Waals surface area (Å²) in [7, 11) is 0. The Morgan fingerprint density at radius 1 is 1.33 bits per heavy atom. The lowest BCUT2D eigenvalue weighted by Crippen LogP contribution is -2.31. The molecule has 0 saturated carbocycles. The summed E-state index contributed by atoms with van der Waals surface area (Å²) in [6.07, 6.45) is -8.48. The minimum atomic E-state index is -5.01. The van der Waals surface area contributed by atoms with Gasteiger partial charge in [-0.2, -0.15) is 13.2 Å². The Morgan fingerprint density at radius 3 is 2.40 bits per heavy atom. The maximum atomic E-state index is 12.5. The zero-order chi connectivity index (χ0) is 11.6. The number of hydrogen-bond donors (Lipinski definition) is 2. The molecule has 0 radical (unpaired) electrons. The standard InChI is InChI=1S/C7H6F4N2O2/c8-4(7(9,10)11)1-3-2-12-6(15)13-5(3)14/h2,4H,1H2,(H2,12,13,14,15). The van der Waals surface area contributed by atoms with Gasteiger partial charge in [-0.25, -0.2) is 9.18 Å². The van der Waals surface area contributed by atoms with Gasteiger partial charge in [0, 0.05) is 18.2 Å². The van der Waals surface area contributed by atoms with Gasteiger partial charge < -0.3 is 4.98 Å². The molecule has 1 atom stereocenters. The van der Waals surface area contributed by atoms with Crippen LogP contribution in [0.3, 0.4) is 0 Å². The monoisotopic (exact) mass is 226 g/mol. The summed E-state index contributed by atoms with van der Waals surface area (Å²) in [5.74, 6) is 0. The first-order chi connectivity index (χ1) is 6.80. The Bertz CT molecular complexity index is 447. The molecular formula is C7H6F4N2O2. The van der Waals surface area contributed by atoms with Gasteiger partial charge in [0.05, 0.1) is 0 Å². The highest BCUT2D eigenvalue weighted by atomic mass is 19.4. The molecule has 2 N–H and O–H groups in total. The summed E-state index contributed by atoms with van der Waals surface area (Å²) < 4.78 is 47.9. The third-order valence-electron chi connectivity index (χ3n) is 1.65. The largest absolute Gasteiger partial charge is 0.419 e. The molecule has 0 fully saturated rings. The molecule has 8 heteroatoms. The Morgan fingerprint density at radius 2 is 1.93 bits per heavy atom. The van der Waals surface area contributed by atoms with E-state index in [0.29, 0.717) is 0 Å². The van der Waals surface area contributed by atoms with Crippen molar-refractivity contribution in [2.45, 2.75) is 18.8 Å². The molecule has 0 aromatic carbocycles. The average molecular weight is 226 g/mol. The zero-order valence-corrected chi connectivity index (χ0v) is 7.19. The Hall–Kier alpha value is -1.60. The number of hydrogen-bond acceptors (Lipinski definition) is 2. The number of alkyl halides is 4. The van der Waals surface area contributed by atoms with E-state index in [2.05, 4.69) is 0 Å². The van der Waals surface area contributed by atoms with Crippen molar-refractivity contribution in [2.75, 3.05) is 0 Å².